The number of aryl methyl sites for hydroxylation is 1. The average Bonchev–Trinajstić information content (AvgIpc) is 2.88. The maximum Gasteiger partial charge on any atom is 0.387 e. The van der Waals surface area contributed by atoms with Crippen molar-refractivity contribution >= 4 is 5.91 Å². The van der Waals surface area contributed by atoms with Gasteiger partial charge >= 0.3 is 6.61 Å². The van der Waals surface area contributed by atoms with Crippen molar-refractivity contribution < 1.29 is 27.8 Å². The van der Waals surface area contributed by atoms with E-state index in [0.717, 1.165) is 28.7 Å². The van der Waals surface area contributed by atoms with Crippen LogP contribution in [0, 0.1) is 0 Å². The van der Waals surface area contributed by atoms with Crippen LogP contribution in [0.3, 0.4) is 0 Å². The van der Waals surface area contributed by atoms with E-state index in [4.69, 9.17) is 15.2 Å². The Hall–Kier alpha value is -3.65. The highest BCUT2D eigenvalue weighted by Crippen LogP contribution is 2.43. The van der Waals surface area contributed by atoms with Crippen LogP contribution in [0.2, 0.25) is 0 Å². The van der Waals surface area contributed by atoms with Crippen LogP contribution < -0.4 is 19.9 Å². The molecule has 0 saturated heterocycles. The number of benzene rings is 3. The van der Waals surface area contributed by atoms with Gasteiger partial charge in [0.1, 0.15) is 11.8 Å². The standard InChI is InChI=1S/C28H30F2N2O4/c1-34-24-16-20-14-15-32(26(27(31)33)19-6-4-3-5-7-19)23(22(20)17-25(24)35-2)13-10-18-8-11-21(12-9-18)36-28(29)30/h3-9,11-12,16-17,23,26,28H,10,13-15H2,1-2H3,(H2,31,33)/t23-,26+/m0/s1. The van der Waals surface area contributed by atoms with Crippen LogP contribution in [0.4, 0.5) is 8.78 Å². The number of carbonyl (C=O) groups excluding carboxylic acids is 1. The monoisotopic (exact) mass is 496 g/mol. The predicted molar refractivity (Wildman–Crippen MR) is 132 cm³/mol. The third-order valence-electron chi connectivity index (χ3n) is 6.62. The SMILES string of the molecule is COc1cc2c(cc1OC)[C@H](CCc1ccc(OC(F)F)cc1)N([C@@H](C(N)=O)c1ccccc1)CC2. The molecular formula is C28H30F2N2O4. The molecule has 6 nitrogen and oxygen atoms in total. The molecule has 0 aliphatic carbocycles. The number of ether oxygens (including phenoxy) is 3. The smallest absolute Gasteiger partial charge is 0.387 e. The number of carbonyl (C=O) groups is 1. The van der Waals surface area contributed by atoms with Crippen molar-refractivity contribution in [2.45, 2.75) is 38.0 Å². The highest BCUT2D eigenvalue weighted by atomic mass is 19.3. The second-order valence-electron chi connectivity index (χ2n) is 8.69. The molecule has 0 spiro atoms. The third kappa shape index (κ3) is 5.60. The number of rotatable bonds is 10. The van der Waals surface area contributed by atoms with Gasteiger partial charge in [0.2, 0.25) is 5.91 Å². The number of halogens is 2. The van der Waals surface area contributed by atoms with Gasteiger partial charge in [0.25, 0.3) is 0 Å². The zero-order valence-corrected chi connectivity index (χ0v) is 20.3. The number of hydrogen-bond donors (Lipinski definition) is 1. The van der Waals surface area contributed by atoms with Crippen molar-refractivity contribution in [3.63, 3.8) is 0 Å². The summed E-state index contributed by atoms with van der Waals surface area (Å²) in [5, 5.41) is 0. The Labute approximate surface area is 209 Å². The van der Waals surface area contributed by atoms with E-state index in [1.165, 1.54) is 12.1 Å². The quantitative estimate of drug-likeness (QED) is 0.425. The van der Waals surface area contributed by atoms with Crippen LogP contribution in [0.15, 0.2) is 66.7 Å². The topological polar surface area (TPSA) is 74.0 Å². The Morgan fingerprint density at radius 3 is 2.31 bits per heavy atom. The van der Waals surface area contributed by atoms with Crippen molar-refractivity contribution in [3.05, 3.63) is 89.0 Å². The summed E-state index contributed by atoms with van der Waals surface area (Å²) in [7, 11) is 3.20. The molecule has 0 fully saturated rings. The summed E-state index contributed by atoms with van der Waals surface area (Å²) in [5.41, 5.74) is 9.94. The number of methoxy groups -OCH3 is 2. The molecule has 0 aromatic heterocycles. The van der Waals surface area contributed by atoms with Gasteiger partial charge in [0.15, 0.2) is 11.5 Å². The van der Waals surface area contributed by atoms with Gasteiger partial charge in [-0.3, -0.25) is 9.69 Å². The Kier molecular flexibility index (Phi) is 8.05. The van der Waals surface area contributed by atoms with Crippen LogP contribution in [0.1, 0.15) is 40.8 Å². The van der Waals surface area contributed by atoms with E-state index < -0.39 is 18.6 Å². The number of nitrogens with zero attached hydrogens (tertiary/aromatic N) is 1. The summed E-state index contributed by atoms with van der Waals surface area (Å²) in [5.74, 6) is 0.983. The van der Waals surface area contributed by atoms with Crippen LogP contribution in [-0.4, -0.2) is 38.2 Å². The maximum atomic E-state index is 12.7. The van der Waals surface area contributed by atoms with Crippen LogP contribution in [-0.2, 0) is 17.6 Å². The lowest BCUT2D eigenvalue weighted by atomic mass is 9.86. The number of hydrogen-bond acceptors (Lipinski definition) is 5. The molecule has 8 heteroatoms. The fourth-order valence-corrected chi connectivity index (χ4v) is 4.97. The summed E-state index contributed by atoms with van der Waals surface area (Å²) in [6.07, 6.45) is 2.06. The lowest BCUT2D eigenvalue weighted by molar-refractivity contribution is -0.124. The Balaban J connectivity index is 1.69. The molecule has 0 saturated carbocycles. The minimum Gasteiger partial charge on any atom is -0.493 e. The summed E-state index contributed by atoms with van der Waals surface area (Å²) in [4.78, 5) is 14.9. The van der Waals surface area contributed by atoms with E-state index >= 15 is 0 Å². The highest BCUT2D eigenvalue weighted by molar-refractivity contribution is 5.81. The maximum absolute atomic E-state index is 12.7. The van der Waals surface area contributed by atoms with Gasteiger partial charge in [-0.1, -0.05) is 42.5 Å². The van der Waals surface area contributed by atoms with E-state index in [1.807, 2.05) is 42.5 Å². The van der Waals surface area contributed by atoms with Gasteiger partial charge in [-0.2, -0.15) is 8.78 Å². The molecule has 1 aliphatic rings. The van der Waals surface area contributed by atoms with Crippen molar-refractivity contribution in [2.24, 2.45) is 5.73 Å². The van der Waals surface area contributed by atoms with Crippen LogP contribution in [0.25, 0.3) is 0 Å². The molecule has 1 aliphatic heterocycles. The molecule has 3 aromatic carbocycles. The van der Waals surface area contributed by atoms with E-state index in [0.29, 0.717) is 30.9 Å². The van der Waals surface area contributed by atoms with Crippen molar-refractivity contribution in [1.82, 2.24) is 4.90 Å². The minimum absolute atomic E-state index is 0.119. The average molecular weight is 497 g/mol. The lowest BCUT2D eigenvalue weighted by Crippen LogP contribution is -2.44. The Bertz CT molecular complexity index is 1170. The molecule has 36 heavy (non-hydrogen) atoms. The predicted octanol–water partition coefficient (Wildman–Crippen LogP) is 5.06. The summed E-state index contributed by atoms with van der Waals surface area (Å²) < 4.78 is 40.6. The normalized spacial score (nSPS) is 16.3. The lowest BCUT2D eigenvalue weighted by Gasteiger charge is -2.41. The Morgan fingerprint density at radius 2 is 1.69 bits per heavy atom. The first-order chi connectivity index (χ1) is 17.4. The van der Waals surface area contributed by atoms with E-state index in [9.17, 15) is 13.6 Å². The molecule has 1 amide bonds. The van der Waals surface area contributed by atoms with Crippen LogP contribution in [0.5, 0.6) is 17.2 Å². The summed E-state index contributed by atoms with van der Waals surface area (Å²) in [6.45, 7) is -2.23. The van der Waals surface area contributed by atoms with E-state index in [2.05, 4.69) is 9.64 Å². The molecule has 190 valence electrons. The number of nitrogens with two attached hydrogens (primary N) is 1. The fourth-order valence-electron chi connectivity index (χ4n) is 4.97. The number of alkyl halides is 2. The van der Waals surface area contributed by atoms with Crippen LogP contribution >= 0.6 is 0 Å². The first-order valence-electron chi connectivity index (χ1n) is 11.8. The molecular weight excluding hydrogens is 466 g/mol. The van der Waals surface area contributed by atoms with Gasteiger partial charge < -0.3 is 19.9 Å². The van der Waals surface area contributed by atoms with Gasteiger partial charge in [-0.25, -0.2) is 0 Å². The zero-order chi connectivity index (χ0) is 25.7. The molecule has 1 heterocycles. The number of amides is 1. The molecule has 0 bridgehead atoms. The first-order valence-corrected chi connectivity index (χ1v) is 11.8. The molecule has 4 rings (SSSR count). The molecule has 0 unspecified atom stereocenters. The van der Waals surface area contributed by atoms with E-state index in [1.54, 1.807) is 26.4 Å². The van der Waals surface area contributed by atoms with Gasteiger partial charge in [0, 0.05) is 12.6 Å². The summed E-state index contributed by atoms with van der Waals surface area (Å²) >= 11 is 0. The number of fused-ring (bicyclic) bond motifs is 1. The first kappa shape index (κ1) is 25.4. The second kappa shape index (κ2) is 11.4. The minimum atomic E-state index is -2.86. The largest absolute Gasteiger partial charge is 0.493 e. The second-order valence-corrected chi connectivity index (χ2v) is 8.69. The molecule has 0 radical (unpaired) electrons. The van der Waals surface area contributed by atoms with E-state index in [-0.39, 0.29) is 11.8 Å². The molecule has 2 atom stereocenters. The van der Waals surface area contributed by atoms with Crippen molar-refractivity contribution in [1.29, 1.82) is 0 Å². The zero-order valence-electron chi connectivity index (χ0n) is 20.3. The van der Waals surface area contributed by atoms with Gasteiger partial charge in [-0.15, -0.1) is 0 Å². The van der Waals surface area contributed by atoms with Crippen molar-refractivity contribution in [3.8, 4) is 17.2 Å². The molecule has 2 N–H and O–H groups in total. The summed E-state index contributed by atoms with van der Waals surface area (Å²) in [6, 6.07) is 19.4. The van der Waals surface area contributed by atoms with Gasteiger partial charge in [-0.05, 0) is 65.8 Å². The Morgan fingerprint density at radius 1 is 1.03 bits per heavy atom. The molecule has 3 aromatic rings. The number of primary amides is 1. The third-order valence-corrected chi connectivity index (χ3v) is 6.62. The van der Waals surface area contributed by atoms with Crippen molar-refractivity contribution in [2.75, 3.05) is 20.8 Å². The fraction of sp³-hybridized carbons (Fsp3) is 0.321. The highest BCUT2D eigenvalue weighted by Gasteiger charge is 2.36. The van der Waals surface area contributed by atoms with Gasteiger partial charge in [0.05, 0.1) is 14.2 Å².